The Morgan fingerprint density at radius 1 is 0.977 bits per heavy atom. The molecule has 1 N–H and O–H groups in total. The zero-order valence-corrected chi connectivity index (χ0v) is 27.5. The second kappa shape index (κ2) is 15.0. The number of halogens is 1. The highest BCUT2D eigenvalue weighted by atomic mass is 35.5. The summed E-state index contributed by atoms with van der Waals surface area (Å²) >= 11 is 1.64. The molecule has 2 heterocycles. The van der Waals surface area contributed by atoms with Crippen LogP contribution < -0.4 is 19.7 Å². The molecule has 3 aromatic carbocycles. The number of amides is 1. The first-order valence-corrected chi connectivity index (χ1v) is 16.5. The molecule has 0 saturated carbocycles. The van der Waals surface area contributed by atoms with Crippen molar-refractivity contribution in [3.8, 4) is 11.5 Å². The largest absolute Gasteiger partial charge is 0.493 e. The van der Waals surface area contributed by atoms with Crippen molar-refractivity contribution in [3.05, 3.63) is 77.9 Å². The number of carbonyl (C=O) groups excluding carboxylic acids is 1. The number of hydrogen-bond donors (Lipinski definition) is 1. The van der Waals surface area contributed by atoms with Crippen LogP contribution in [0.25, 0.3) is 10.2 Å². The maximum Gasteiger partial charge on any atom is 0.251 e. The van der Waals surface area contributed by atoms with Gasteiger partial charge in [-0.3, -0.25) is 9.69 Å². The number of anilines is 1. The second-order valence-electron chi connectivity index (χ2n) is 10.2. The lowest BCUT2D eigenvalue weighted by atomic mass is 10.2. The van der Waals surface area contributed by atoms with Gasteiger partial charge in [-0.05, 0) is 42.0 Å². The average Bonchev–Trinajstić information content (AvgIpc) is 3.48. The molecule has 236 valence electrons. The van der Waals surface area contributed by atoms with Crippen LogP contribution in [0, 0.1) is 0 Å². The molecule has 1 fully saturated rings. The number of aromatic nitrogens is 1. The van der Waals surface area contributed by atoms with Gasteiger partial charge in [-0.15, -0.1) is 12.4 Å². The van der Waals surface area contributed by atoms with Gasteiger partial charge in [0.15, 0.2) is 16.6 Å². The van der Waals surface area contributed by atoms with Gasteiger partial charge in [0.05, 0.1) is 23.8 Å². The summed E-state index contributed by atoms with van der Waals surface area (Å²) in [6.45, 7) is 7.06. The quantitative estimate of drug-likeness (QED) is 0.237. The lowest BCUT2D eigenvalue weighted by Gasteiger charge is -2.34. The summed E-state index contributed by atoms with van der Waals surface area (Å²) in [5.74, 6) is 1.10. The predicted molar refractivity (Wildman–Crippen MR) is 177 cm³/mol. The molecule has 1 saturated heterocycles. The number of hydrogen-bond acceptors (Lipinski definition) is 9. The fourth-order valence-corrected chi connectivity index (χ4v) is 7.56. The van der Waals surface area contributed by atoms with E-state index >= 15 is 0 Å². The van der Waals surface area contributed by atoms with Gasteiger partial charge in [0, 0.05) is 57.9 Å². The Balaban J connectivity index is 0.00000442. The summed E-state index contributed by atoms with van der Waals surface area (Å²) in [5.41, 5.74) is 2.16. The van der Waals surface area contributed by atoms with Crippen molar-refractivity contribution in [3.63, 3.8) is 0 Å². The minimum atomic E-state index is -3.69. The number of methoxy groups -OCH3 is 2. The number of thiazole rings is 1. The predicted octanol–water partition coefficient (Wildman–Crippen LogP) is 4.50. The Hall–Kier alpha value is -3.42. The molecular formula is C31H38ClN5O5S2. The van der Waals surface area contributed by atoms with Crippen molar-refractivity contribution in [2.45, 2.75) is 18.4 Å². The number of rotatable bonds is 12. The highest BCUT2D eigenvalue weighted by Crippen LogP contribution is 2.40. The SMILES string of the molecule is CCN(Cc1ccccc1)S(=O)(=O)c1ccc(C(=O)NCCN2CCN(c3nc4c(OC)c(OC)ccc4s3)CC2)cc1.Cl. The van der Waals surface area contributed by atoms with Crippen molar-refractivity contribution in [2.75, 3.05) is 64.9 Å². The smallest absolute Gasteiger partial charge is 0.251 e. The molecular weight excluding hydrogens is 622 g/mol. The third kappa shape index (κ3) is 7.44. The Morgan fingerprint density at radius 2 is 1.68 bits per heavy atom. The van der Waals surface area contributed by atoms with Crippen LogP contribution in [0.15, 0.2) is 71.6 Å². The molecule has 44 heavy (non-hydrogen) atoms. The van der Waals surface area contributed by atoms with Gasteiger partial charge in [0.2, 0.25) is 10.0 Å². The number of carbonyl (C=O) groups is 1. The Bertz CT molecular complexity index is 1640. The maximum atomic E-state index is 13.2. The molecule has 1 aliphatic heterocycles. The number of sulfonamides is 1. The molecule has 0 radical (unpaired) electrons. The van der Waals surface area contributed by atoms with Gasteiger partial charge in [0.1, 0.15) is 5.52 Å². The van der Waals surface area contributed by atoms with Crippen LogP contribution in [0.1, 0.15) is 22.8 Å². The van der Waals surface area contributed by atoms with E-state index in [1.807, 2.05) is 49.4 Å². The van der Waals surface area contributed by atoms with E-state index in [4.69, 9.17) is 14.5 Å². The van der Waals surface area contributed by atoms with Crippen LogP contribution >= 0.6 is 23.7 Å². The van der Waals surface area contributed by atoms with Crippen LogP contribution in [-0.2, 0) is 16.6 Å². The fraction of sp³-hybridized carbons (Fsp3) is 0.355. The number of nitrogens with zero attached hydrogens (tertiary/aromatic N) is 4. The van der Waals surface area contributed by atoms with Crippen molar-refractivity contribution in [1.29, 1.82) is 0 Å². The minimum absolute atomic E-state index is 0. The Kier molecular flexibility index (Phi) is 11.4. The summed E-state index contributed by atoms with van der Waals surface area (Å²) in [7, 11) is -0.440. The van der Waals surface area contributed by atoms with Crippen molar-refractivity contribution in [2.24, 2.45) is 0 Å². The Morgan fingerprint density at radius 3 is 2.32 bits per heavy atom. The van der Waals surface area contributed by atoms with E-state index in [1.54, 1.807) is 37.7 Å². The first-order valence-electron chi connectivity index (χ1n) is 14.2. The van der Waals surface area contributed by atoms with E-state index in [0.29, 0.717) is 36.7 Å². The molecule has 1 aromatic heterocycles. The standard InChI is InChI=1S/C31H37N5O5S2.ClH/c1-4-36(22-23-8-6-5-7-9-23)43(38,39)25-12-10-24(11-13-25)30(37)32-16-17-34-18-20-35(21-19-34)31-33-28-27(42-31)15-14-26(40-2)29(28)41-3;/h5-15H,4,16-22H2,1-3H3,(H,32,37);1H. The fourth-order valence-electron chi connectivity index (χ4n) is 5.11. The molecule has 0 spiro atoms. The van der Waals surface area contributed by atoms with Crippen molar-refractivity contribution >= 4 is 55.0 Å². The average molecular weight is 660 g/mol. The highest BCUT2D eigenvalue weighted by Gasteiger charge is 2.24. The lowest BCUT2D eigenvalue weighted by Crippen LogP contribution is -2.48. The topological polar surface area (TPSA) is 104 Å². The molecule has 0 bridgehead atoms. The number of ether oxygens (including phenoxy) is 2. The molecule has 10 nitrogen and oxygen atoms in total. The third-order valence-electron chi connectivity index (χ3n) is 7.56. The van der Waals surface area contributed by atoms with E-state index in [9.17, 15) is 13.2 Å². The highest BCUT2D eigenvalue weighted by molar-refractivity contribution is 7.89. The van der Waals surface area contributed by atoms with Crippen molar-refractivity contribution < 1.29 is 22.7 Å². The molecule has 5 rings (SSSR count). The minimum Gasteiger partial charge on any atom is -0.493 e. The van der Waals surface area contributed by atoms with E-state index in [1.165, 1.54) is 16.4 Å². The summed E-state index contributed by atoms with van der Waals surface area (Å²) in [4.78, 5) is 22.4. The molecule has 0 unspecified atom stereocenters. The molecule has 0 aliphatic carbocycles. The zero-order chi connectivity index (χ0) is 30.4. The van der Waals surface area contributed by atoms with E-state index in [-0.39, 0.29) is 23.2 Å². The van der Waals surface area contributed by atoms with Gasteiger partial charge in [0.25, 0.3) is 5.91 Å². The Labute approximate surface area is 269 Å². The number of benzene rings is 3. The molecule has 0 atom stereocenters. The van der Waals surface area contributed by atoms with Gasteiger partial charge in [-0.2, -0.15) is 4.31 Å². The number of fused-ring (bicyclic) bond motifs is 1. The molecule has 4 aromatic rings. The van der Waals surface area contributed by atoms with Gasteiger partial charge in [-0.25, -0.2) is 13.4 Å². The summed E-state index contributed by atoms with van der Waals surface area (Å²) in [6.07, 6.45) is 0. The van der Waals surface area contributed by atoms with E-state index in [2.05, 4.69) is 15.1 Å². The molecule has 13 heteroatoms. The first-order chi connectivity index (χ1) is 20.8. The second-order valence-corrected chi connectivity index (χ2v) is 13.1. The van der Waals surface area contributed by atoms with E-state index < -0.39 is 10.0 Å². The third-order valence-corrected chi connectivity index (χ3v) is 10.6. The van der Waals surface area contributed by atoms with Gasteiger partial charge in [-0.1, -0.05) is 48.6 Å². The van der Waals surface area contributed by atoms with E-state index in [0.717, 1.165) is 53.6 Å². The summed E-state index contributed by atoms with van der Waals surface area (Å²) < 4.78 is 39.9. The van der Waals surface area contributed by atoms with Gasteiger partial charge >= 0.3 is 0 Å². The lowest BCUT2D eigenvalue weighted by molar-refractivity contribution is 0.0947. The van der Waals surface area contributed by atoms with Crippen LogP contribution in [0.5, 0.6) is 11.5 Å². The number of nitrogens with one attached hydrogen (secondary N) is 1. The maximum absolute atomic E-state index is 13.2. The van der Waals surface area contributed by atoms with Crippen LogP contribution in [0.2, 0.25) is 0 Å². The number of piperazine rings is 1. The van der Waals surface area contributed by atoms with Crippen molar-refractivity contribution in [1.82, 2.24) is 19.5 Å². The zero-order valence-electron chi connectivity index (χ0n) is 25.1. The van der Waals surface area contributed by atoms with Gasteiger partial charge < -0.3 is 19.7 Å². The molecule has 1 aliphatic rings. The summed E-state index contributed by atoms with van der Waals surface area (Å²) in [5, 5.41) is 3.93. The summed E-state index contributed by atoms with van der Waals surface area (Å²) in [6, 6.07) is 19.6. The molecule has 1 amide bonds. The normalized spacial score (nSPS) is 14.0. The van der Waals surface area contributed by atoms with Crippen LogP contribution in [-0.4, -0.2) is 88.5 Å². The monoisotopic (exact) mass is 659 g/mol. The van der Waals surface area contributed by atoms with Crippen LogP contribution in [0.4, 0.5) is 5.13 Å². The first kappa shape index (κ1) is 33.5. The van der Waals surface area contributed by atoms with Crippen LogP contribution in [0.3, 0.4) is 0 Å².